The van der Waals surface area contributed by atoms with E-state index in [4.69, 9.17) is 5.73 Å². The Hall–Kier alpha value is -2.91. The van der Waals surface area contributed by atoms with Crippen LogP contribution in [0.5, 0.6) is 0 Å². The van der Waals surface area contributed by atoms with Crippen molar-refractivity contribution in [1.82, 2.24) is 10.4 Å². The van der Waals surface area contributed by atoms with E-state index in [0.717, 1.165) is 45.4 Å². The van der Waals surface area contributed by atoms with Gasteiger partial charge in [-0.1, -0.05) is 35.6 Å². The van der Waals surface area contributed by atoms with Gasteiger partial charge in [0, 0.05) is 24.3 Å². The molecule has 1 aliphatic heterocycles. The van der Waals surface area contributed by atoms with Gasteiger partial charge in [-0.25, -0.2) is 4.98 Å². The van der Waals surface area contributed by atoms with Crippen molar-refractivity contribution in [3.05, 3.63) is 70.9 Å². The summed E-state index contributed by atoms with van der Waals surface area (Å²) >= 11 is 1.53. The van der Waals surface area contributed by atoms with E-state index < -0.39 is 11.7 Å². The molecular formula is C21H20F3N5S. The number of benzene rings is 2. The molecule has 156 valence electrons. The Morgan fingerprint density at radius 3 is 2.73 bits per heavy atom. The molecule has 1 atom stereocenters. The van der Waals surface area contributed by atoms with Crippen LogP contribution in [-0.4, -0.2) is 23.8 Å². The molecule has 0 fully saturated rings. The normalized spacial score (nSPS) is 14.1. The average molecular weight is 431 g/mol. The number of halogens is 3. The van der Waals surface area contributed by atoms with Gasteiger partial charge in [0.05, 0.1) is 23.2 Å². The molecule has 0 radical (unpaired) electrons. The molecule has 2 heterocycles. The molecule has 9 heteroatoms. The second-order valence-electron chi connectivity index (χ2n) is 7.08. The van der Waals surface area contributed by atoms with Gasteiger partial charge in [0.25, 0.3) is 0 Å². The zero-order valence-electron chi connectivity index (χ0n) is 15.9. The summed E-state index contributed by atoms with van der Waals surface area (Å²) in [6.45, 7) is 1.19. The van der Waals surface area contributed by atoms with Gasteiger partial charge < -0.3 is 16.5 Å². The molecule has 0 aliphatic carbocycles. The molecule has 0 saturated heterocycles. The Labute approximate surface area is 175 Å². The standard InChI is InChI=1S/C21H20F3N5S/c22-21(23,24)17-5-1-13(2-6-17)7-18(25)11-26-20-27-12-19(30-20)14-3-4-15-9-28-29-10-16(15)8-14/h1-6,8,10,12,18,28H,7,9,11,25H2,(H,26,27)/t18-/m0/s1. The van der Waals surface area contributed by atoms with Gasteiger partial charge in [0.15, 0.2) is 5.13 Å². The largest absolute Gasteiger partial charge is 0.416 e. The smallest absolute Gasteiger partial charge is 0.360 e. The van der Waals surface area contributed by atoms with Crippen molar-refractivity contribution in [2.24, 2.45) is 10.8 Å². The highest BCUT2D eigenvalue weighted by Gasteiger charge is 2.29. The molecule has 5 nitrogen and oxygen atoms in total. The lowest BCUT2D eigenvalue weighted by molar-refractivity contribution is -0.137. The van der Waals surface area contributed by atoms with Crippen LogP contribution in [0.15, 0.2) is 53.8 Å². The van der Waals surface area contributed by atoms with Gasteiger partial charge in [-0.15, -0.1) is 0 Å². The van der Waals surface area contributed by atoms with Crippen LogP contribution < -0.4 is 16.5 Å². The number of hydrogen-bond donors (Lipinski definition) is 3. The van der Waals surface area contributed by atoms with E-state index in [2.05, 4.69) is 39.0 Å². The molecule has 1 aliphatic rings. The third-order valence-electron chi connectivity index (χ3n) is 4.80. The van der Waals surface area contributed by atoms with E-state index in [-0.39, 0.29) is 6.04 Å². The van der Waals surface area contributed by atoms with E-state index >= 15 is 0 Å². The third kappa shape index (κ3) is 4.80. The third-order valence-corrected chi connectivity index (χ3v) is 5.80. The number of hydrogen-bond acceptors (Lipinski definition) is 6. The number of rotatable bonds is 6. The van der Waals surface area contributed by atoms with Gasteiger partial charge in [0.2, 0.25) is 0 Å². The van der Waals surface area contributed by atoms with Crippen molar-refractivity contribution < 1.29 is 13.2 Å². The number of fused-ring (bicyclic) bond motifs is 1. The maximum absolute atomic E-state index is 12.6. The summed E-state index contributed by atoms with van der Waals surface area (Å²) < 4.78 is 37.9. The zero-order valence-corrected chi connectivity index (χ0v) is 16.7. The summed E-state index contributed by atoms with van der Waals surface area (Å²) in [7, 11) is 0. The number of nitrogens with zero attached hydrogens (tertiary/aromatic N) is 2. The van der Waals surface area contributed by atoms with Crippen LogP contribution in [0.3, 0.4) is 0 Å². The van der Waals surface area contributed by atoms with Gasteiger partial charge >= 0.3 is 6.18 Å². The summed E-state index contributed by atoms with van der Waals surface area (Å²) in [5.41, 5.74) is 12.6. The van der Waals surface area contributed by atoms with Crippen molar-refractivity contribution in [3.63, 3.8) is 0 Å². The number of hydrazone groups is 1. The number of aromatic nitrogens is 1. The molecule has 30 heavy (non-hydrogen) atoms. The van der Waals surface area contributed by atoms with Crippen LogP contribution in [0.1, 0.15) is 22.3 Å². The van der Waals surface area contributed by atoms with E-state index in [1.807, 2.05) is 12.4 Å². The first kappa shape index (κ1) is 20.4. The first-order valence-electron chi connectivity index (χ1n) is 9.39. The Bertz CT molecular complexity index is 1040. The summed E-state index contributed by atoms with van der Waals surface area (Å²) in [6, 6.07) is 11.1. The second-order valence-corrected chi connectivity index (χ2v) is 8.11. The van der Waals surface area contributed by atoms with Crippen molar-refractivity contribution in [2.75, 3.05) is 11.9 Å². The van der Waals surface area contributed by atoms with Crippen LogP contribution >= 0.6 is 11.3 Å². The first-order valence-corrected chi connectivity index (χ1v) is 10.2. The number of thiazole rings is 1. The predicted octanol–water partition coefficient (Wildman–Crippen LogP) is 4.25. The Morgan fingerprint density at radius 2 is 1.97 bits per heavy atom. The van der Waals surface area contributed by atoms with Crippen LogP contribution in [0.2, 0.25) is 0 Å². The molecule has 0 amide bonds. The Kier molecular flexibility index (Phi) is 5.74. The van der Waals surface area contributed by atoms with E-state index in [1.165, 1.54) is 29.0 Å². The highest BCUT2D eigenvalue weighted by Crippen LogP contribution is 2.31. The number of alkyl halides is 3. The molecular weight excluding hydrogens is 411 g/mol. The lowest BCUT2D eigenvalue weighted by atomic mass is 10.0. The molecule has 1 aromatic heterocycles. The van der Waals surface area contributed by atoms with E-state index in [1.54, 1.807) is 0 Å². The molecule has 0 saturated carbocycles. The molecule has 0 bridgehead atoms. The van der Waals surface area contributed by atoms with Crippen LogP contribution in [-0.2, 0) is 19.1 Å². The maximum Gasteiger partial charge on any atom is 0.416 e. The fourth-order valence-corrected chi connectivity index (χ4v) is 4.01. The van der Waals surface area contributed by atoms with Gasteiger partial charge in [-0.2, -0.15) is 18.3 Å². The summed E-state index contributed by atoms with van der Waals surface area (Å²) in [5.74, 6) is 0. The molecule has 0 spiro atoms. The fourth-order valence-electron chi connectivity index (χ4n) is 3.19. The summed E-state index contributed by atoms with van der Waals surface area (Å²) in [6.07, 6.45) is -0.231. The fraction of sp³-hybridized carbons (Fsp3) is 0.238. The molecule has 4 N–H and O–H groups in total. The van der Waals surface area contributed by atoms with Crippen LogP contribution in [0.25, 0.3) is 10.4 Å². The lowest BCUT2D eigenvalue weighted by Crippen LogP contribution is -2.31. The summed E-state index contributed by atoms with van der Waals surface area (Å²) in [4.78, 5) is 5.43. The van der Waals surface area contributed by atoms with E-state index in [0.29, 0.717) is 13.0 Å². The molecule has 2 aromatic carbocycles. The topological polar surface area (TPSA) is 75.3 Å². The number of nitrogens with one attached hydrogen (secondary N) is 2. The zero-order chi connectivity index (χ0) is 21.1. The van der Waals surface area contributed by atoms with Crippen molar-refractivity contribution >= 4 is 22.7 Å². The van der Waals surface area contributed by atoms with Crippen molar-refractivity contribution in [1.29, 1.82) is 0 Å². The molecule has 4 rings (SSSR count). The lowest BCUT2D eigenvalue weighted by Gasteiger charge is -2.13. The van der Waals surface area contributed by atoms with Crippen molar-refractivity contribution in [2.45, 2.75) is 25.2 Å². The number of nitrogens with two attached hydrogens (primary N) is 1. The quantitative estimate of drug-likeness (QED) is 0.546. The first-order chi connectivity index (χ1) is 14.4. The average Bonchev–Trinajstić information content (AvgIpc) is 3.21. The minimum absolute atomic E-state index is 0.249. The molecule has 0 unspecified atom stereocenters. The number of anilines is 1. The highest BCUT2D eigenvalue weighted by atomic mass is 32.1. The highest BCUT2D eigenvalue weighted by molar-refractivity contribution is 7.18. The van der Waals surface area contributed by atoms with Gasteiger partial charge in [-0.3, -0.25) is 0 Å². The maximum atomic E-state index is 12.6. The Balaban J connectivity index is 1.34. The molecule has 3 aromatic rings. The summed E-state index contributed by atoms with van der Waals surface area (Å²) in [5, 5.41) is 8.06. The predicted molar refractivity (Wildman–Crippen MR) is 114 cm³/mol. The second kappa shape index (κ2) is 8.45. The SMILES string of the molecule is N[C@H](CNc1ncc(-c2ccc3c(c2)C=NNC3)s1)Cc1ccc(C(F)(F)F)cc1. The van der Waals surface area contributed by atoms with Crippen LogP contribution in [0.4, 0.5) is 18.3 Å². The van der Waals surface area contributed by atoms with Gasteiger partial charge in [-0.05, 0) is 41.3 Å². The minimum Gasteiger partial charge on any atom is -0.360 e. The monoisotopic (exact) mass is 431 g/mol. The van der Waals surface area contributed by atoms with E-state index in [9.17, 15) is 13.2 Å². The Morgan fingerprint density at radius 1 is 1.17 bits per heavy atom. The van der Waals surface area contributed by atoms with Gasteiger partial charge in [0.1, 0.15) is 0 Å². The minimum atomic E-state index is -4.33. The van der Waals surface area contributed by atoms with Crippen molar-refractivity contribution in [3.8, 4) is 10.4 Å². The van der Waals surface area contributed by atoms with Crippen LogP contribution in [0, 0.1) is 0 Å².